The van der Waals surface area contributed by atoms with Gasteiger partial charge in [-0.25, -0.2) is 4.39 Å². The van der Waals surface area contributed by atoms with Crippen molar-refractivity contribution in [2.75, 3.05) is 13.2 Å². The molecule has 1 saturated carbocycles. The van der Waals surface area contributed by atoms with Crippen LogP contribution in [0.5, 0.6) is 0 Å². The first kappa shape index (κ1) is 16.7. The Morgan fingerprint density at radius 1 is 1.23 bits per heavy atom. The van der Waals surface area contributed by atoms with Crippen molar-refractivity contribution in [3.8, 4) is 0 Å². The number of carbonyl (C=O) groups is 1. The molecule has 22 heavy (non-hydrogen) atoms. The van der Waals surface area contributed by atoms with E-state index in [0.29, 0.717) is 19.3 Å². The van der Waals surface area contributed by atoms with Crippen molar-refractivity contribution >= 4 is 12.0 Å². The zero-order valence-electron chi connectivity index (χ0n) is 12.9. The fourth-order valence-corrected chi connectivity index (χ4v) is 2.57. The Balaban J connectivity index is 1.56. The maximum absolute atomic E-state index is 12.7. The smallest absolute Gasteiger partial charge is 0.244 e. The van der Waals surface area contributed by atoms with E-state index in [-0.39, 0.29) is 11.7 Å². The summed E-state index contributed by atoms with van der Waals surface area (Å²) >= 11 is 0. The maximum Gasteiger partial charge on any atom is 0.244 e. The highest BCUT2D eigenvalue weighted by atomic mass is 19.1. The summed E-state index contributed by atoms with van der Waals surface area (Å²) in [6.07, 6.45) is 10.6. The summed E-state index contributed by atoms with van der Waals surface area (Å²) in [6.45, 7) is 1.31. The first-order valence-corrected chi connectivity index (χ1v) is 8.07. The van der Waals surface area contributed by atoms with Crippen molar-refractivity contribution < 1.29 is 13.9 Å². The Morgan fingerprint density at radius 2 is 1.95 bits per heavy atom. The molecule has 0 aliphatic heterocycles. The van der Waals surface area contributed by atoms with Crippen LogP contribution in [0.1, 0.15) is 44.1 Å². The van der Waals surface area contributed by atoms with Crippen LogP contribution in [0.4, 0.5) is 4.39 Å². The molecule has 0 atom stereocenters. The minimum atomic E-state index is -0.278. The molecule has 1 aliphatic carbocycles. The topological polar surface area (TPSA) is 38.3 Å². The van der Waals surface area contributed by atoms with Gasteiger partial charge in [-0.15, -0.1) is 0 Å². The van der Waals surface area contributed by atoms with Crippen LogP contribution >= 0.6 is 0 Å². The lowest BCUT2D eigenvalue weighted by Crippen LogP contribution is -2.24. The van der Waals surface area contributed by atoms with Crippen LogP contribution in [0.3, 0.4) is 0 Å². The molecule has 120 valence electrons. The number of ether oxygens (including phenoxy) is 1. The van der Waals surface area contributed by atoms with E-state index in [1.807, 2.05) is 0 Å². The minimum absolute atomic E-state index is 0.137. The van der Waals surface area contributed by atoms with Crippen molar-refractivity contribution in [2.24, 2.45) is 0 Å². The fourth-order valence-electron chi connectivity index (χ4n) is 2.57. The van der Waals surface area contributed by atoms with Crippen LogP contribution in [0.25, 0.3) is 6.08 Å². The second-order valence-electron chi connectivity index (χ2n) is 5.66. The van der Waals surface area contributed by atoms with Crippen LogP contribution in [-0.4, -0.2) is 25.2 Å². The van der Waals surface area contributed by atoms with E-state index in [1.165, 1.54) is 50.3 Å². The van der Waals surface area contributed by atoms with Crippen LogP contribution in [0, 0.1) is 5.82 Å². The Bertz CT molecular complexity index is 478. The molecule has 0 unspecified atom stereocenters. The highest BCUT2D eigenvalue weighted by Crippen LogP contribution is 2.20. The summed E-state index contributed by atoms with van der Waals surface area (Å²) in [5.74, 6) is -0.415. The lowest BCUT2D eigenvalue weighted by Gasteiger charge is -2.21. The van der Waals surface area contributed by atoms with Gasteiger partial charge in [0, 0.05) is 19.2 Å². The summed E-state index contributed by atoms with van der Waals surface area (Å²) in [4.78, 5) is 11.6. The van der Waals surface area contributed by atoms with Crippen LogP contribution in [-0.2, 0) is 9.53 Å². The molecule has 1 fully saturated rings. The molecular formula is C18H24FNO2. The van der Waals surface area contributed by atoms with Gasteiger partial charge in [-0.1, -0.05) is 31.4 Å². The number of hydrogen-bond donors (Lipinski definition) is 1. The minimum Gasteiger partial charge on any atom is -0.378 e. The molecule has 0 spiro atoms. The van der Waals surface area contributed by atoms with Gasteiger partial charge >= 0.3 is 0 Å². The zero-order valence-corrected chi connectivity index (χ0v) is 12.9. The molecular weight excluding hydrogens is 281 g/mol. The Morgan fingerprint density at radius 3 is 2.68 bits per heavy atom. The lowest BCUT2D eigenvalue weighted by atomic mass is 9.98. The number of rotatable bonds is 7. The number of amides is 1. The molecule has 0 saturated heterocycles. The number of carbonyl (C=O) groups excluding carboxylic acids is 1. The first-order valence-electron chi connectivity index (χ1n) is 8.07. The third-order valence-electron chi connectivity index (χ3n) is 3.82. The molecule has 0 aromatic heterocycles. The lowest BCUT2D eigenvalue weighted by molar-refractivity contribution is -0.116. The average molecular weight is 305 g/mol. The largest absolute Gasteiger partial charge is 0.378 e. The molecule has 1 aromatic carbocycles. The predicted octanol–water partition coefficient (Wildman–Crippen LogP) is 3.69. The molecule has 0 heterocycles. The quantitative estimate of drug-likeness (QED) is 0.616. The highest BCUT2D eigenvalue weighted by molar-refractivity contribution is 5.91. The maximum atomic E-state index is 12.7. The Hall–Kier alpha value is -1.68. The number of nitrogens with one attached hydrogen (secondary N) is 1. The van der Waals surface area contributed by atoms with Gasteiger partial charge in [-0.05, 0) is 43.0 Å². The summed E-state index contributed by atoms with van der Waals surface area (Å²) < 4.78 is 18.5. The Labute approximate surface area is 131 Å². The van der Waals surface area contributed by atoms with E-state index in [1.54, 1.807) is 18.2 Å². The van der Waals surface area contributed by atoms with Crippen molar-refractivity contribution in [1.29, 1.82) is 0 Å². The van der Waals surface area contributed by atoms with Gasteiger partial charge in [0.2, 0.25) is 5.91 Å². The van der Waals surface area contributed by atoms with E-state index in [2.05, 4.69) is 5.32 Å². The number of benzene rings is 1. The molecule has 1 N–H and O–H groups in total. The molecule has 1 amide bonds. The standard InChI is InChI=1S/C18H24FNO2/c19-16-10-7-15(8-11-16)9-12-18(21)20-13-4-14-22-17-5-2-1-3-6-17/h7-12,17H,1-6,13-14H2,(H,20,21)/b12-9+. The molecule has 2 rings (SSSR count). The SMILES string of the molecule is O=C(/C=C/c1ccc(F)cc1)NCCCOC1CCCCC1. The zero-order chi connectivity index (χ0) is 15.6. The van der Waals surface area contributed by atoms with E-state index in [0.717, 1.165) is 12.0 Å². The van der Waals surface area contributed by atoms with Gasteiger partial charge in [0.1, 0.15) is 5.82 Å². The molecule has 4 heteroatoms. The number of halogens is 1. The van der Waals surface area contributed by atoms with E-state index in [4.69, 9.17) is 4.74 Å². The van der Waals surface area contributed by atoms with Crippen molar-refractivity contribution in [3.63, 3.8) is 0 Å². The molecule has 0 bridgehead atoms. The van der Waals surface area contributed by atoms with E-state index < -0.39 is 0 Å². The van der Waals surface area contributed by atoms with Crippen LogP contribution in [0.2, 0.25) is 0 Å². The molecule has 0 radical (unpaired) electrons. The summed E-state index contributed by atoms with van der Waals surface area (Å²) in [7, 11) is 0. The second-order valence-corrected chi connectivity index (χ2v) is 5.66. The van der Waals surface area contributed by atoms with E-state index >= 15 is 0 Å². The predicted molar refractivity (Wildman–Crippen MR) is 85.9 cm³/mol. The second kappa shape index (κ2) is 9.36. The number of hydrogen-bond acceptors (Lipinski definition) is 2. The molecule has 1 aromatic rings. The first-order chi connectivity index (χ1) is 10.7. The van der Waals surface area contributed by atoms with Crippen molar-refractivity contribution in [3.05, 3.63) is 41.7 Å². The fraction of sp³-hybridized carbons (Fsp3) is 0.500. The average Bonchev–Trinajstić information content (AvgIpc) is 2.55. The van der Waals surface area contributed by atoms with Crippen LogP contribution in [0.15, 0.2) is 30.3 Å². The van der Waals surface area contributed by atoms with Crippen molar-refractivity contribution in [2.45, 2.75) is 44.6 Å². The molecule has 3 nitrogen and oxygen atoms in total. The van der Waals surface area contributed by atoms with Gasteiger partial charge < -0.3 is 10.1 Å². The van der Waals surface area contributed by atoms with Crippen molar-refractivity contribution in [1.82, 2.24) is 5.32 Å². The van der Waals surface area contributed by atoms with E-state index in [9.17, 15) is 9.18 Å². The normalized spacial score (nSPS) is 16.0. The van der Waals surface area contributed by atoms with Gasteiger partial charge in [0.05, 0.1) is 6.10 Å². The third kappa shape index (κ3) is 6.39. The summed E-state index contributed by atoms with van der Waals surface area (Å²) in [5, 5.41) is 2.82. The Kier molecular flexibility index (Phi) is 7.10. The summed E-state index contributed by atoms with van der Waals surface area (Å²) in [6, 6.07) is 6.02. The van der Waals surface area contributed by atoms with Crippen LogP contribution < -0.4 is 5.32 Å². The third-order valence-corrected chi connectivity index (χ3v) is 3.82. The highest BCUT2D eigenvalue weighted by Gasteiger charge is 2.12. The summed E-state index contributed by atoms with van der Waals surface area (Å²) in [5.41, 5.74) is 0.803. The molecule has 1 aliphatic rings. The van der Waals surface area contributed by atoms with Gasteiger partial charge in [0.25, 0.3) is 0 Å². The monoisotopic (exact) mass is 305 g/mol. The van der Waals surface area contributed by atoms with Gasteiger partial charge in [-0.3, -0.25) is 4.79 Å². The van der Waals surface area contributed by atoms with Gasteiger partial charge in [0.15, 0.2) is 0 Å². The van der Waals surface area contributed by atoms with Gasteiger partial charge in [-0.2, -0.15) is 0 Å².